The Morgan fingerprint density at radius 1 is 0.889 bits per heavy atom. The third-order valence-corrected chi connectivity index (χ3v) is 1.50. The standard InChI is InChI=1S/C7H15.2W/c1-6(2)7(3,4)5;;/h1-5H3;;/q-1;;. The smallest absolute Gasteiger partial charge is 0 e. The van der Waals surface area contributed by atoms with E-state index in [9.17, 15) is 0 Å². The van der Waals surface area contributed by atoms with Gasteiger partial charge in [0.1, 0.15) is 0 Å². The molecule has 0 unspecified atom stereocenters. The first kappa shape index (κ1) is 16.8. The van der Waals surface area contributed by atoms with Gasteiger partial charge in [-0.25, -0.2) is 0 Å². The molecule has 0 spiro atoms. The van der Waals surface area contributed by atoms with Crippen LogP contribution in [0.4, 0.5) is 0 Å². The summed E-state index contributed by atoms with van der Waals surface area (Å²) >= 11 is 0. The van der Waals surface area contributed by atoms with Crippen LogP contribution in [0.3, 0.4) is 0 Å². The third kappa shape index (κ3) is 9.38. The quantitative estimate of drug-likeness (QED) is 0.482. The molecule has 2 heteroatoms. The van der Waals surface area contributed by atoms with E-state index in [1.54, 1.807) is 0 Å². The Bertz CT molecular complexity index is 52.4. The molecule has 0 radical (unpaired) electrons. The Labute approximate surface area is 87.7 Å². The van der Waals surface area contributed by atoms with Crippen LogP contribution in [0, 0.1) is 11.3 Å². The van der Waals surface area contributed by atoms with Gasteiger partial charge in [0.2, 0.25) is 0 Å². The van der Waals surface area contributed by atoms with Crippen LogP contribution in [-0.2, 0) is 42.1 Å². The molecule has 0 aromatic carbocycles. The minimum absolute atomic E-state index is 0. The van der Waals surface area contributed by atoms with Crippen molar-refractivity contribution in [1.82, 2.24) is 0 Å². The molecule has 0 aliphatic rings. The average Bonchev–Trinajstić information content (AvgIpc) is 1.31. The van der Waals surface area contributed by atoms with Crippen molar-refractivity contribution < 1.29 is 42.1 Å². The van der Waals surface area contributed by atoms with Gasteiger partial charge in [-0.3, -0.25) is 0 Å². The maximum Gasteiger partial charge on any atom is 0 e. The summed E-state index contributed by atoms with van der Waals surface area (Å²) in [6.45, 7) is 11.0. The van der Waals surface area contributed by atoms with Gasteiger partial charge in [0.05, 0.1) is 0 Å². The molecule has 0 heterocycles. The van der Waals surface area contributed by atoms with E-state index in [-0.39, 0.29) is 42.1 Å². The SMILES string of the molecule is C[C-](C)C(C)(C)C.[W].[W]. The van der Waals surface area contributed by atoms with Gasteiger partial charge in [-0.2, -0.15) is 19.3 Å². The van der Waals surface area contributed by atoms with Crippen molar-refractivity contribution in [2.75, 3.05) is 0 Å². The maximum atomic E-state index is 2.22. The largest absolute Gasteiger partial charge is 0.314 e. The van der Waals surface area contributed by atoms with E-state index in [0.29, 0.717) is 5.41 Å². The number of hydrogen-bond acceptors (Lipinski definition) is 0. The number of rotatable bonds is 0. The normalized spacial score (nSPS) is 10.0. The molecule has 9 heavy (non-hydrogen) atoms. The zero-order valence-corrected chi connectivity index (χ0v) is 12.7. The van der Waals surface area contributed by atoms with E-state index >= 15 is 0 Å². The van der Waals surface area contributed by atoms with Crippen molar-refractivity contribution in [2.45, 2.75) is 34.6 Å². The van der Waals surface area contributed by atoms with Crippen molar-refractivity contribution in [3.63, 3.8) is 0 Å². The summed E-state index contributed by atoms with van der Waals surface area (Å²) in [5.74, 6) is 1.49. The van der Waals surface area contributed by atoms with Gasteiger partial charge in [-0.05, 0) is 0 Å². The molecule has 0 atom stereocenters. The van der Waals surface area contributed by atoms with E-state index in [1.165, 1.54) is 5.92 Å². The van der Waals surface area contributed by atoms with E-state index in [4.69, 9.17) is 0 Å². The predicted octanol–water partition coefficient (Wildman–Crippen LogP) is 2.64. The van der Waals surface area contributed by atoms with E-state index in [2.05, 4.69) is 34.6 Å². The zero-order valence-electron chi connectivity index (χ0n) is 6.82. The summed E-state index contributed by atoms with van der Waals surface area (Å²) in [6, 6.07) is 0. The topological polar surface area (TPSA) is 0 Å². The van der Waals surface area contributed by atoms with E-state index < -0.39 is 0 Å². The fourth-order valence-corrected chi connectivity index (χ4v) is 0. The molecule has 0 nitrogen and oxygen atoms in total. The Morgan fingerprint density at radius 3 is 1.00 bits per heavy atom. The molecule has 0 bridgehead atoms. The first-order chi connectivity index (χ1) is 2.94. The Balaban J connectivity index is -0.000000180. The molecule has 0 amide bonds. The van der Waals surface area contributed by atoms with Crippen molar-refractivity contribution in [2.24, 2.45) is 5.41 Å². The van der Waals surface area contributed by atoms with Gasteiger partial charge in [0, 0.05) is 42.1 Å². The second kappa shape index (κ2) is 6.11. The van der Waals surface area contributed by atoms with E-state index in [1.807, 2.05) is 0 Å². The van der Waals surface area contributed by atoms with Gasteiger partial charge >= 0.3 is 0 Å². The number of hydrogen-bond donors (Lipinski definition) is 0. The van der Waals surface area contributed by atoms with Gasteiger partial charge in [0.15, 0.2) is 0 Å². The summed E-state index contributed by atoms with van der Waals surface area (Å²) in [4.78, 5) is 0. The summed E-state index contributed by atoms with van der Waals surface area (Å²) < 4.78 is 0. The third-order valence-electron chi connectivity index (χ3n) is 1.50. The van der Waals surface area contributed by atoms with Crippen molar-refractivity contribution >= 4 is 0 Å². The molecule has 0 aromatic rings. The predicted molar refractivity (Wildman–Crippen MR) is 34.0 cm³/mol. The second-order valence-electron chi connectivity index (χ2n) is 3.25. The van der Waals surface area contributed by atoms with Crippen LogP contribution >= 0.6 is 0 Å². The van der Waals surface area contributed by atoms with Crippen LogP contribution in [0.15, 0.2) is 0 Å². The molecular formula is C7H15W2-. The molecule has 56 valence electrons. The molecule has 0 aliphatic heterocycles. The van der Waals surface area contributed by atoms with Gasteiger partial charge in [-0.1, -0.05) is 20.8 Å². The van der Waals surface area contributed by atoms with Crippen molar-refractivity contribution in [1.29, 1.82) is 0 Å². The fourth-order valence-electron chi connectivity index (χ4n) is 0. The minimum Gasteiger partial charge on any atom is -0.314 e. The van der Waals surface area contributed by atoms with Crippen LogP contribution in [0.5, 0.6) is 0 Å². The van der Waals surface area contributed by atoms with Crippen LogP contribution in [0.1, 0.15) is 34.6 Å². The monoisotopic (exact) mass is 467 g/mol. The first-order valence-corrected chi connectivity index (χ1v) is 2.75. The van der Waals surface area contributed by atoms with Crippen molar-refractivity contribution in [3.8, 4) is 0 Å². The molecule has 0 aromatic heterocycles. The molecule has 0 rings (SSSR count). The Kier molecular flexibility index (Phi) is 11.4. The maximum absolute atomic E-state index is 2.22. The average molecular weight is 467 g/mol. The van der Waals surface area contributed by atoms with Gasteiger partial charge in [0.25, 0.3) is 0 Å². The Morgan fingerprint density at radius 2 is 1.00 bits per heavy atom. The molecule has 0 saturated heterocycles. The van der Waals surface area contributed by atoms with Crippen LogP contribution in [-0.4, -0.2) is 0 Å². The zero-order chi connectivity index (χ0) is 6.08. The minimum atomic E-state index is 0. The Hall–Kier alpha value is 1.38. The van der Waals surface area contributed by atoms with Gasteiger partial charge < -0.3 is 5.92 Å². The van der Waals surface area contributed by atoms with Crippen molar-refractivity contribution in [3.05, 3.63) is 5.92 Å². The summed E-state index contributed by atoms with van der Waals surface area (Å²) in [7, 11) is 0. The van der Waals surface area contributed by atoms with Crippen LogP contribution < -0.4 is 0 Å². The summed E-state index contributed by atoms with van der Waals surface area (Å²) in [5, 5.41) is 0. The molecule has 0 saturated carbocycles. The molecule has 0 aliphatic carbocycles. The summed E-state index contributed by atoms with van der Waals surface area (Å²) in [5.41, 5.74) is 0.417. The van der Waals surface area contributed by atoms with Crippen LogP contribution in [0.2, 0.25) is 0 Å². The van der Waals surface area contributed by atoms with Crippen LogP contribution in [0.25, 0.3) is 0 Å². The van der Waals surface area contributed by atoms with Gasteiger partial charge in [-0.15, -0.1) is 0 Å². The second-order valence-corrected chi connectivity index (χ2v) is 3.25. The molecule has 0 fully saturated rings. The van der Waals surface area contributed by atoms with E-state index in [0.717, 1.165) is 0 Å². The first-order valence-electron chi connectivity index (χ1n) is 2.75. The molecular weight excluding hydrogens is 452 g/mol. The fraction of sp³-hybridized carbons (Fsp3) is 0.857. The summed E-state index contributed by atoms with van der Waals surface area (Å²) in [6.07, 6.45) is 0. The molecule has 0 N–H and O–H groups in total.